The first-order valence-electron chi connectivity index (χ1n) is 4.22. The van der Waals surface area contributed by atoms with E-state index < -0.39 is 5.54 Å². The van der Waals surface area contributed by atoms with E-state index in [9.17, 15) is 5.11 Å². The first-order valence-corrected chi connectivity index (χ1v) is 4.60. The maximum atomic E-state index is 9.63. The fourth-order valence-corrected chi connectivity index (χ4v) is 1.45. The topological polar surface area (TPSA) is 55.5 Å². The molecule has 3 N–H and O–H groups in total. The molecule has 78 valence electrons. The highest BCUT2D eigenvalue weighted by Gasteiger charge is 2.20. The van der Waals surface area contributed by atoms with Gasteiger partial charge in [0.1, 0.15) is 11.5 Å². The Labute approximate surface area is 88.4 Å². The minimum absolute atomic E-state index is 0.0864. The number of hydrogen-bond donors (Lipinski definition) is 2. The zero-order valence-electron chi connectivity index (χ0n) is 8.47. The van der Waals surface area contributed by atoms with Crippen molar-refractivity contribution in [2.45, 2.75) is 19.4 Å². The predicted molar refractivity (Wildman–Crippen MR) is 56.9 cm³/mol. The molecule has 1 rings (SSSR count). The number of ether oxygens (including phenoxy) is 1. The molecular formula is C10H14ClNO2. The summed E-state index contributed by atoms with van der Waals surface area (Å²) in [5, 5.41) is 10.0. The van der Waals surface area contributed by atoms with Crippen LogP contribution in [0.2, 0.25) is 5.02 Å². The van der Waals surface area contributed by atoms with E-state index >= 15 is 0 Å². The molecule has 0 aromatic heterocycles. The van der Waals surface area contributed by atoms with E-state index in [4.69, 9.17) is 22.1 Å². The fourth-order valence-electron chi connectivity index (χ4n) is 1.22. The molecule has 0 atom stereocenters. The van der Waals surface area contributed by atoms with Gasteiger partial charge in [0.15, 0.2) is 0 Å². The lowest BCUT2D eigenvalue weighted by atomic mass is 9.94. The second-order valence-electron chi connectivity index (χ2n) is 3.73. The van der Waals surface area contributed by atoms with Crippen molar-refractivity contribution < 1.29 is 9.84 Å². The molecule has 4 heteroatoms. The normalized spacial score (nSPS) is 11.5. The maximum absolute atomic E-state index is 9.63. The SMILES string of the molecule is COc1cc(C(C)(C)N)c(O)cc1Cl. The van der Waals surface area contributed by atoms with Gasteiger partial charge in [-0.3, -0.25) is 0 Å². The van der Waals surface area contributed by atoms with Crippen LogP contribution in [0.15, 0.2) is 12.1 Å². The van der Waals surface area contributed by atoms with Crippen LogP contribution < -0.4 is 10.5 Å². The summed E-state index contributed by atoms with van der Waals surface area (Å²) >= 11 is 5.83. The molecule has 0 saturated carbocycles. The van der Waals surface area contributed by atoms with Crippen LogP contribution in [0.3, 0.4) is 0 Å². The molecule has 0 heterocycles. The molecule has 0 aliphatic heterocycles. The second kappa shape index (κ2) is 3.67. The van der Waals surface area contributed by atoms with Gasteiger partial charge in [0.05, 0.1) is 12.1 Å². The van der Waals surface area contributed by atoms with Crippen molar-refractivity contribution in [2.24, 2.45) is 5.73 Å². The molecule has 3 nitrogen and oxygen atoms in total. The molecule has 1 aromatic rings. The molecule has 0 aliphatic carbocycles. The van der Waals surface area contributed by atoms with Crippen molar-refractivity contribution in [3.63, 3.8) is 0 Å². The van der Waals surface area contributed by atoms with Crippen molar-refractivity contribution in [1.29, 1.82) is 0 Å². The number of phenolic OH excluding ortho intramolecular Hbond substituents is 1. The van der Waals surface area contributed by atoms with Crippen molar-refractivity contribution in [1.82, 2.24) is 0 Å². The van der Waals surface area contributed by atoms with Crippen molar-refractivity contribution >= 4 is 11.6 Å². The van der Waals surface area contributed by atoms with Crippen LogP contribution in [0.5, 0.6) is 11.5 Å². The summed E-state index contributed by atoms with van der Waals surface area (Å²) in [6.45, 7) is 3.60. The highest BCUT2D eigenvalue weighted by molar-refractivity contribution is 6.32. The molecule has 0 fully saturated rings. The van der Waals surface area contributed by atoms with Gasteiger partial charge in [-0.25, -0.2) is 0 Å². The van der Waals surface area contributed by atoms with Gasteiger partial charge in [-0.1, -0.05) is 11.6 Å². The summed E-state index contributed by atoms with van der Waals surface area (Å²) in [7, 11) is 1.52. The molecule has 0 bridgehead atoms. The minimum atomic E-state index is -0.623. The van der Waals surface area contributed by atoms with Crippen LogP contribution in [0.4, 0.5) is 0 Å². The largest absolute Gasteiger partial charge is 0.508 e. The van der Waals surface area contributed by atoms with Crippen LogP contribution in [0.25, 0.3) is 0 Å². The van der Waals surface area contributed by atoms with E-state index in [1.807, 2.05) is 0 Å². The third-order valence-electron chi connectivity index (χ3n) is 1.96. The van der Waals surface area contributed by atoms with Crippen LogP contribution in [-0.2, 0) is 5.54 Å². The van der Waals surface area contributed by atoms with Gasteiger partial charge < -0.3 is 15.6 Å². The van der Waals surface area contributed by atoms with Gasteiger partial charge in [0.25, 0.3) is 0 Å². The Morgan fingerprint density at radius 2 is 2.00 bits per heavy atom. The highest BCUT2D eigenvalue weighted by Crippen LogP contribution is 2.35. The fraction of sp³-hybridized carbons (Fsp3) is 0.400. The van der Waals surface area contributed by atoms with E-state index in [0.717, 1.165) is 0 Å². The Morgan fingerprint density at radius 1 is 1.43 bits per heavy atom. The monoisotopic (exact) mass is 215 g/mol. The predicted octanol–water partition coefficient (Wildman–Crippen LogP) is 2.25. The Kier molecular flexibility index (Phi) is 2.92. The van der Waals surface area contributed by atoms with Crippen LogP contribution in [-0.4, -0.2) is 12.2 Å². The lowest BCUT2D eigenvalue weighted by molar-refractivity contribution is 0.404. The molecule has 0 radical (unpaired) electrons. The Balaban J connectivity index is 3.32. The number of methoxy groups -OCH3 is 1. The molecule has 0 spiro atoms. The Bertz CT molecular complexity index is 345. The average Bonchev–Trinajstić information content (AvgIpc) is 2.02. The zero-order chi connectivity index (χ0) is 10.9. The third-order valence-corrected chi connectivity index (χ3v) is 2.26. The number of hydrogen-bond acceptors (Lipinski definition) is 3. The first kappa shape index (κ1) is 11.1. The summed E-state index contributed by atoms with van der Waals surface area (Å²) in [5.41, 5.74) is 5.86. The molecular weight excluding hydrogens is 202 g/mol. The third kappa shape index (κ3) is 2.11. The molecule has 0 aliphatic rings. The molecule has 14 heavy (non-hydrogen) atoms. The quantitative estimate of drug-likeness (QED) is 0.796. The van der Waals surface area contributed by atoms with E-state index in [1.165, 1.54) is 13.2 Å². The highest BCUT2D eigenvalue weighted by atomic mass is 35.5. The van der Waals surface area contributed by atoms with Gasteiger partial charge in [-0.05, 0) is 19.9 Å². The van der Waals surface area contributed by atoms with Crippen molar-refractivity contribution in [2.75, 3.05) is 7.11 Å². The molecule has 1 aromatic carbocycles. The summed E-state index contributed by atoms with van der Waals surface area (Å²) in [4.78, 5) is 0. The van der Waals surface area contributed by atoms with E-state index in [-0.39, 0.29) is 5.75 Å². The lowest BCUT2D eigenvalue weighted by Gasteiger charge is -2.21. The van der Waals surface area contributed by atoms with E-state index in [1.54, 1.807) is 19.9 Å². The summed E-state index contributed by atoms with van der Waals surface area (Å²) < 4.78 is 5.04. The number of nitrogens with two attached hydrogens (primary N) is 1. The first-order chi connectivity index (χ1) is 6.36. The van der Waals surface area contributed by atoms with Gasteiger partial charge >= 0.3 is 0 Å². The van der Waals surface area contributed by atoms with Crippen molar-refractivity contribution in [3.8, 4) is 11.5 Å². The summed E-state index contributed by atoms with van der Waals surface area (Å²) in [5.74, 6) is 0.598. The average molecular weight is 216 g/mol. The maximum Gasteiger partial charge on any atom is 0.138 e. The van der Waals surface area contributed by atoms with Gasteiger partial charge in [-0.15, -0.1) is 0 Å². The summed E-state index contributed by atoms with van der Waals surface area (Å²) in [6, 6.07) is 3.09. The number of phenols is 1. The van der Waals surface area contributed by atoms with E-state index in [0.29, 0.717) is 16.3 Å². The number of benzene rings is 1. The van der Waals surface area contributed by atoms with E-state index in [2.05, 4.69) is 0 Å². The van der Waals surface area contributed by atoms with Gasteiger partial charge in [-0.2, -0.15) is 0 Å². The number of rotatable bonds is 2. The minimum Gasteiger partial charge on any atom is -0.508 e. The summed E-state index contributed by atoms with van der Waals surface area (Å²) in [6.07, 6.45) is 0. The standard InChI is InChI=1S/C10H14ClNO2/c1-10(2,12)6-4-9(14-3)7(11)5-8(6)13/h4-5,13H,12H2,1-3H3. The smallest absolute Gasteiger partial charge is 0.138 e. The number of aromatic hydroxyl groups is 1. The molecule has 0 unspecified atom stereocenters. The lowest BCUT2D eigenvalue weighted by Crippen LogP contribution is -2.28. The van der Waals surface area contributed by atoms with Crippen LogP contribution >= 0.6 is 11.6 Å². The second-order valence-corrected chi connectivity index (χ2v) is 4.13. The number of halogens is 1. The Hall–Kier alpha value is -0.930. The van der Waals surface area contributed by atoms with Gasteiger partial charge in [0.2, 0.25) is 0 Å². The Morgan fingerprint density at radius 3 is 2.43 bits per heavy atom. The van der Waals surface area contributed by atoms with Crippen molar-refractivity contribution in [3.05, 3.63) is 22.7 Å². The van der Waals surface area contributed by atoms with Crippen LogP contribution in [0, 0.1) is 0 Å². The van der Waals surface area contributed by atoms with Gasteiger partial charge in [0, 0.05) is 17.2 Å². The molecule has 0 saturated heterocycles. The zero-order valence-corrected chi connectivity index (χ0v) is 9.22. The van der Waals surface area contributed by atoms with Crippen LogP contribution in [0.1, 0.15) is 19.4 Å². The molecule has 0 amide bonds.